The van der Waals surface area contributed by atoms with Gasteiger partial charge in [-0.1, -0.05) is 19.1 Å². The van der Waals surface area contributed by atoms with Crippen LogP contribution < -0.4 is 5.32 Å². The van der Waals surface area contributed by atoms with E-state index >= 15 is 0 Å². The summed E-state index contributed by atoms with van der Waals surface area (Å²) < 4.78 is 0. The van der Waals surface area contributed by atoms with Crippen LogP contribution in [0.2, 0.25) is 0 Å². The van der Waals surface area contributed by atoms with Gasteiger partial charge in [0, 0.05) is 11.3 Å². The zero-order chi connectivity index (χ0) is 12.0. The first kappa shape index (κ1) is 12.0. The van der Waals surface area contributed by atoms with Crippen molar-refractivity contribution >= 4 is 11.6 Å². The molecular formula is C13H14N2O. The van der Waals surface area contributed by atoms with Crippen LogP contribution in [0.3, 0.4) is 0 Å². The fourth-order valence-corrected chi connectivity index (χ4v) is 1.30. The highest BCUT2D eigenvalue weighted by molar-refractivity contribution is 6.03. The largest absolute Gasteiger partial charge is 0.322 e. The average molecular weight is 214 g/mol. The first-order valence-corrected chi connectivity index (χ1v) is 5.15. The zero-order valence-electron chi connectivity index (χ0n) is 9.45. The van der Waals surface area contributed by atoms with Crippen molar-refractivity contribution in [2.75, 3.05) is 5.32 Å². The summed E-state index contributed by atoms with van der Waals surface area (Å²) in [4.78, 5) is 11.6. The van der Waals surface area contributed by atoms with Gasteiger partial charge in [-0.05, 0) is 31.5 Å². The Morgan fingerprint density at radius 2 is 2.31 bits per heavy atom. The molecule has 0 aliphatic rings. The number of amides is 1. The first-order chi connectivity index (χ1) is 7.67. The van der Waals surface area contributed by atoms with E-state index in [9.17, 15) is 4.79 Å². The third kappa shape index (κ3) is 3.25. The third-order valence-corrected chi connectivity index (χ3v) is 2.12. The van der Waals surface area contributed by atoms with Crippen LogP contribution in [0.15, 0.2) is 35.9 Å². The van der Waals surface area contributed by atoms with Crippen LogP contribution in [-0.2, 0) is 4.79 Å². The topological polar surface area (TPSA) is 52.9 Å². The van der Waals surface area contributed by atoms with E-state index in [2.05, 4.69) is 5.32 Å². The first-order valence-electron chi connectivity index (χ1n) is 5.15. The van der Waals surface area contributed by atoms with Crippen LogP contribution in [0.4, 0.5) is 5.69 Å². The molecule has 0 saturated heterocycles. The van der Waals surface area contributed by atoms with Gasteiger partial charge in [-0.3, -0.25) is 4.79 Å². The number of hydrogen-bond donors (Lipinski definition) is 1. The Bertz CT molecular complexity index is 455. The van der Waals surface area contributed by atoms with Gasteiger partial charge in [0.2, 0.25) is 0 Å². The van der Waals surface area contributed by atoms with E-state index in [1.165, 1.54) is 0 Å². The number of carbonyl (C=O) groups is 1. The number of allylic oxidation sites excluding steroid dienone is 1. The number of nitriles is 1. The van der Waals surface area contributed by atoms with Gasteiger partial charge in [0.25, 0.3) is 5.91 Å². The molecule has 0 fully saturated rings. The lowest BCUT2D eigenvalue weighted by atomic mass is 10.2. The monoisotopic (exact) mass is 214 g/mol. The smallest absolute Gasteiger partial charge is 0.250 e. The van der Waals surface area contributed by atoms with Crippen molar-refractivity contribution in [3.63, 3.8) is 0 Å². The molecule has 0 heterocycles. The van der Waals surface area contributed by atoms with E-state index in [0.717, 1.165) is 6.42 Å². The molecule has 0 unspecified atom stereocenters. The fourth-order valence-electron chi connectivity index (χ4n) is 1.30. The maximum Gasteiger partial charge on any atom is 0.250 e. The summed E-state index contributed by atoms with van der Waals surface area (Å²) in [5.41, 5.74) is 1.87. The van der Waals surface area contributed by atoms with Crippen molar-refractivity contribution in [1.29, 1.82) is 5.26 Å². The summed E-state index contributed by atoms with van der Waals surface area (Å²) in [6, 6.07) is 8.88. The van der Waals surface area contributed by atoms with Crippen molar-refractivity contribution in [3.8, 4) is 6.07 Å². The minimum atomic E-state index is -0.128. The molecule has 1 aromatic rings. The lowest BCUT2D eigenvalue weighted by Gasteiger charge is -2.05. The average Bonchev–Trinajstić information content (AvgIpc) is 2.29. The number of nitrogens with zero attached hydrogens (tertiary/aromatic N) is 1. The molecule has 0 saturated carbocycles. The molecule has 0 aliphatic carbocycles. The number of anilines is 1. The maximum absolute atomic E-state index is 11.6. The van der Waals surface area contributed by atoms with Crippen LogP contribution in [-0.4, -0.2) is 5.91 Å². The summed E-state index contributed by atoms with van der Waals surface area (Å²) in [6.45, 7) is 3.75. The minimum absolute atomic E-state index is 0.128. The molecular weight excluding hydrogens is 200 g/mol. The second-order valence-corrected chi connectivity index (χ2v) is 3.44. The molecule has 82 valence electrons. The summed E-state index contributed by atoms with van der Waals surface area (Å²) in [5.74, 6) is -0.128. The predicted octanol–water partition coefficient (Wildman–Crippen LogP) is 2.85. The van der Waals surface area contributed by atoms with Gasteiger partial charge in [0.1, 0.15) is 0 Å². The van der Waals surface area contributed by atoms with Gasteiger partial charge in [-0.25, -0.2) is 0 Å². The van der Waals surface area contributed by atoms with E-state index < -0.39 is 0 Å². The molecule has 1 N–H and O–H groups in total. The molecule has 0 radical (unpaired) electrons. The lowest BCUT2D eigenvalue weighted by molar-refractivity contribution is -0.112. The van der Waals surface area contributed by atoms with Gasteiger partial charge in [-0.15, -0.1) is 0 Å². The number of hydrogen-bond acceptors (Lipinski definition) is 2. The quantitative estimate of drug-likeness (QED) is 0.786. The lowest BCUT2D eigenvalue weighted by Crippen LogP contribution is -2.12. The standard InChI is InChI=1S/C13H14N2O/c1-3-5-10(2)13(16)15-12-7-4-6-11(8-12)9-14/h4-8H,3H2,1-2H3,(H,15,16)/b10-5+. The Morgan fingerprint density at radius 3 is 2.94 bits per heavy atom. The Hall–Kier alpha value is -2.08. The highest BCUT2D eigenvalue weighted by atomic mass is 16.1. The summed E-state index contributed by atoms with van der Waals surface area (Å²) in [7, 11) is 0. The van der Waals surface area contributed by atoms with Gasteiger partial charge in [0.05, 0.1) is 11.6 Å². The normalized spacial score (nSPS) is 10.7. The number of benzene rings is 1. The molecule has 3 nitrogen and oxygen atoms in total. The number of carbonyl (C=O) groups excluding carboxylic acids is 1. The number of nitrogens with one attached hydrogen (secondary N) is 1. The molecule has 0 spiro atoms. The SMILES string of the molecule is CC/C=C(\C)C(=O)Nc1cccc(C#N)c1. The molecule has 0 bridgehead atoms. The van der Waals surface area contributed by atoms with Gasteiger partial charge >= 0.3 is 0 Å². The highest BCUT2D eigenvalue weighted by Crippen LogP contribution is 2.11. The molecule has 1 amide bonds. The van der Waals surface area contributed by atoms with Gasteiger partial charge in [0.15, 0.2) is 0 Å². The van der Waals surface area contributed by atoms with Crippen LogP contribution in [0.25, 0.3) is 0 Å². The Kier molecular flexibility index (Phi) is 4.28. The maximum atomic E-state index is 11.6. The number of rotatable bonds is 3. The summed E-state index contributed by atoms with van der Waals surface area (Å²) >= 11 is 0. The molecule has 0 aromatic heterocycles. The highest BCUT2D eigenvalue weighted by Gasteiger charge is 2.04. The molecule has 1 aromatic carbocycles. The van der Waals surface area contributed by atoms with Crippen LogP contribution in [0.1, 0.15) is 25.8 Å². The molecule has 3 heteroatoms. The molecule has 1 rings (SSSR count). The van der Waals surface area contributed by atoms with Crippen LogP contribution >= 0.6 is 0 Å². The Labute approximate surface area is 95.4 Å². The fraction of sp³-hybridized carbons (Fsp3) is 0.231. The van der Waals surface area contributed by atoms with Crippen LogP contribution in [0, 0.1) is 11.3 Å². The second kappa shape index (κ2) is 5.72. The van der Waals surface area contributed by atoms with Gasteiger partial charge in [-0.2, -0.15) is 5.26 Å². The molecule has 0 atom stereocenters. The zero-order valence-corrected chi connectivity index (χ0v) is 9.45. The molecule has 16 heavy (non-hydrogen) atoms. The van der Waals surface area contributed by atoms with Gasteiger partial charge < -0.3 is 5.32 Å². The van der Waals surface area contributed by atoms with E-state index in [0.29, 0.717) is 16.8 Å². The molecule has 0 aliphatic heterocycles. The van der Waals surface area contributed by atoms with Crippen molar-refractivity contribution in [2.45, 2.75) is 20.3 Å². The van der Waals surface area contributed by atoms with Crippen molar-refractivity contribution < 1.29 is 4.79 Å². The summed E-state index contributed by atoms with van der Waals surface area (Å²) in [5, 5.41) is 11.5. The van der Waals surface area contributed by atoms with Crippen LogP contribution in [0.5, 0.6) is 0 Å². The third-order valence-electron chi connectivity index (χ3n) is 2.12. The van der Waals surface area contributed by atoms with Crippen molar-refractivity contribution in [1.82, 2.24) is 0 Å². The van der Waals surface area contributed by atoms with E-state index in [4.69, 9.17) is 5.26 Å². The van der Waals surface area contributed by atoms with E-state index in [1.54, 1.807) is 31.2 Å². The van der Waals surface area contributed by atoms with E-state index in [-0.39, 0.29) is 5.91 Å². The Balaban J connectivity index is 2.78. The summed E-state index contributed by atoms with van der Waals surface area (Å²) in [6.07, 6.45) is 2.70. The van der Waals surface area contributed by atoms with E-state index in [1.807, 2.05) is 19.1 Å². The van der Waals surface area contributed by atoms with Crippen molar-refractivity contribution in [3.05, 3.63) is 41.5 Å². The minimum Gasteiger partial charge on any atom is -0.322 e. The second-order valence-electron chi connectivity index (χ2n) is 3.44. The Morgan fingerprint density at radius 1 is 1.56 bits per heavy atom. The van der Waals surface area contributed by atoms with Crippen molar-refractivity contribution in [2.24, 2.45) is 0 Å². The predicted molar refractivity (Wildman–Crippen MR) is 63.8 cm³/mol.